The number of hydrogen-bond acceptors (Lipinski definition) is 7. The summed E-state index contributed by atoms with van der Waals surface area (Å²) in [6.45, 7) is 4.74. The minimum absolute atomic E-state index is 0.0909. The first-order valence-corrected chi connectivity index (χ1v) is 23.1. The summed E-state index contributed by atoms with van der Waals surface area (Å²) in [6, 6.07) is 0. The highest BCUT2D eigenvalue weighted by Gasteiger charge is 2.25. The Bertz CT molecular complexity index is 1110. The Morgan fingerprint density at radius 2 is 1.02 bits per heavy atom. The number of esters is 1. The molecule has 316 valence electrons. The van der Waals surface area contributed by atoms with Gasteiger partial charge in [0.05, 0.1) is 19.8 Å². The molecule has 0 aromatic rings. The molecule has 0 aliphatic carbocycles. The number of phosphoric ester groups is 1. The zero-order chi connectivity index (χ0) is 40.2. The van der Waals surface area contributed by atoms with Crippen LogP contribution in [0.2, 0.25) is 0 Å². The third-order valence-corrected chi connectivity index (χ3v) is 9.56. The average Bonchev–Trinajstić information content (AvgIpc) is 3.17. The van der Waals surface area contributed by atoms with Crippen molar-refractivity contribution in [3.8, 4) is 0 Å². The van der Waals surface area contributed by atoms with Gasteiger partial charge in [-0.2, -0.15) is 0 Å². The van der Waals surface area contributed by atoms with Gasteiger partial charge in [-0.3, -0.25) is 13.8 Å². The van der Waals surface area contributed by atoms with E-state index in [1.807, 2.05) is 0 Å². The van der Waals surface area contributed by atoms with Crippen molar-refractivity contribution in [1.29, 1.82) is 0 Å². The molecule has 0 aromatic carbocycles. The van der Waals surface area contributed by atoms with Crippen molar-refractivity contribution in [3.05, 3.63) is 85.1 Å². The van der Waals surface area contributed by atoms with Gasteiger partial charge in [-0.15, -0.1) is 0 Å². The van der Waals surface area contributed by atoms with Gasteiger partial charge in [-0.25, -0.2) is 4.57 Å². The fourth-order valence-corrected chi connectivity index (χ4v) is 6.21. The van der Waals surface area contributed by atoms with Crippen molar-refractivity contribution in [2.45, 2.75) is 168 Å². The number of rotatable bonds is 40. The van der Waals surface area contributed by atoms with Gasteiger partial charge >= 0.3 is 13.8 Å². The number of nitrogens with two attached hydrogens (primary N) is 1. The van der Waals surface area contributed by atoms with Crippen LogP contribution in [0.5, 0.6) is 0 Å². The molecule has 0 fully saturated rings. The molecular formula is C46H80NO7P. The lowest BCUT2D eigenvalue weighted by molar-refractivity contribution is -0.154. The topological polar surface area (TPSA) is 117 Å². The molecule has 0 rings (SSSR count). The largest absolute Gasteiger partial charge is 0.472 e. The van der Waals surface area contributed by atoms with Crippen molar-refractivity contribution in [1.82, 2.24) is 0 Å². The molecule has 55 heavy (non-hydrogen) atoms. The highest BCUT2D eigenvalue weighted by molar-refractivity contribution is 7.47. The third kappa shape index (κ3) is 42.7. The molecule has 0 heterocycles. The van der Waals surface area contributed by atoms with E-state index < -0.39 is 13.9 Å². The van der Waals surface area contributed by atoms with Gasteiger partial charge in [0.1, 0.15) is 6.10 Å². The van der Waals surface area contributed by atoms with Gasteiger partial charge in [0.2, 0.25) is 0 Å². The van der Waals surface area contributed by atoms with E-state index in [4.69, 9.17) is 24.3 Å². The molecule has 0 aliphatic heterocycles. The van der Waals surface area contributed by atoms with Crippen LogP contribution < -0.4 is 5.73 Å². The maximum Gasteiger partial charge on any atom is 0.472 e. The van der Waals surface area contributed by atoms with E-state index in [9.17, 15) is 14.3 Å². The predicted octanol–water partition coefficient (Wildman–Crippen LogP) is 12.9. The summed E-state index contributed by atoms with van der Waals surface area (Å²) in [5.41, 5.74) is 5.36. The Morgan fingerprint density at radius 1 is 0.564 bits per heavy atom. The smallest absolute Gasteiger partial charge is 0.457 e. The van der Waals surface area contributed by atoms with Crippen LogP contribution in [-0.4, -0.2) is 49.9 Å². The maximum absolute atomic E-state index is 12.6. The molecule has 0 saturated heterocycles. The maximum atomic E-state index is 12.6. The standard InChI is InChI=1S/C46H80NO7P/c1-3-5-7-9-11-13-15-16-17-18-19-20-21-22-23-24-25-26-27-28-29-31-33-35-37-39-46(48)54-45(44-53-55(49,50)52-42-40-47)43-51-41-38-36-34-32-30-14-12-10-8-6-4-2/h5,7,11,13,16-17,19-20,22-23,25-26,28-29,45H,3-4,6,8-10,12,14-15,18,21,24,27,30-44,47H2,1-2H3,(H,49,50)/b7-5-,13-11-,17-16-,20-19-,23-22-,26-25-,29-28-. The van der Waals surface area contributed by atoms with Crippen molar-refractivity contribution in [2.24, 2.45) is 5.73 Å². The molecule has 0 amide bonds. The molecule has 0 saturated carbocycles. The van der Waals surface area contributed by atoms with E-state index in [2.05, 4.69) is 98.9 Å². The second-order valence-corrected chi connectivity index (χ2v) is 15.3. The van der Waals surface area contributed by atoms with Crippen LogP contribution in [0.15, 0.2) is 85.1 Å². The molecule has 2 atom stereocenters. The summed E-state index contributed by atoms with van der Waals surface area (Å²) in [4.78, 5) is 22.4. The van der Waals surface area contributed by atoms with Crippen LogP contribution in [0, 0.1) is 0 Å². The normalized spacial score (nSPS) is 14.3. The molecule has 0 spiro atoms. The lowest BCUT2D eigenvalue weighted by atomic mass is 10.1. The minimum atomic E-state index is -4.29. The van der Waals surface area contributed by atoms with Gasteiger partial charge in [-0.1, -0.05) is 170 Å². The number of ether oxygens (including phenoxy) is 2. The molecule has 0 aliphatic rings. The van der Waals surface area contributed by atoms with Crippen LogP contribution in [0.4, 0.5) is 0 Å². The van der Waals surface area contributed by atoms with Crippen LogP contribution in [0.1, 0.15) is 162 Å². The Balaban J connectivity index is 4.11. The van der Waals surface area contributed by atoms with Crippen molar-refractivity contribution < 1.29 is 32.8 Å². The zero-order valence-electron chi connectivity index (χ0n) is 34.9. The quantitative estimate of drug-likeness (QED) is 0.0273. The fourth-order valence-electron chi connectivity index (χ4n) is 5.45. The highest BCUT2D eigenvalue weighted by atomic mass is 31.2. The fraction of sp³-hybridized carbons (Fsp3) is 0.674. The number of carbonyl (C=O) groups is 1. The summed E-state index contributed by atoms with van der Waals surface area (Å²) in [7, 11) is -4.29. The Hall–Kier alpha value is -2.32. The minimum Gasteiger partial charge on any atom is -0.457 e. The SMILES string of the molecule is CC/C=C\C/C=C\C/C=C\C/C=C\C/C=C\C/C=C\C/C=C\CCCCCC(=O)OC(COCCCCCCCCCCCCC)COP(=O)(O)OCCN. The van der Waals surface area contributed by atoms with Gasteiger partial charge in [0.15, 0.2) is 0 Å². The number of hydrogen-bond donors (Lipinski definition) is 2. The third-order valence-electron chi connectivity index (χ3n) is 8.58. The lowest BCUT2D eigenvalue weighted by Crippen LogP contribution is -2.28. The Morgan fingerprint density at radius 3 is 1.51 bits per heavy atom. The van der Waals surface area contributed by atoms with Gasteiger partial charge < -0.3 is 20.1 Å². The molecule has 0 bridgehead atoms. The van der Waals surface area contributed by atoms with E-state index in [0.717, 1.165) is 77.0 Å². The molecule has 8 nitrogen and oxygen atoms in total. The van der Waals surface area contributed by atoms with Gasteiger partial charge in [0.25, 0.3) is 0 Å². The van der Waals surface area contributed by atoms with Gasteiger partial charge in [0, 0.05) is 19.6 Å². The van der Waals surface area contributed by atoms with Crippen LogP contribution in [-0.2, 0) is 27.9 Å². The molecule has 3 N–H and O–H groups in total. The van der Waals surface area contributed by atoms with E-state index in [0.29, 0.717) is 13.0 Å². The van der Waals surface area contributed by atoms with E-state index in [1.54, 1.807) is 0 Å². The van der Waals surface area contributed by atoms with Crippen molar-refractivity contribution >= 4 is 13.8 Å². The van der Waals surface area contributed by atoms with Crippen LogP contribution in [0.3, 0.4) is 0 Å². The molecule has 0 radical (unpaired) electrons. The van der Waals surface area contributed by atoms with Crippen molar-refractivity contribution in [3.63, 3.8) is 0 Å². The number of carbonyl (C=O) groups excluding carboxylic acids is 1. The second-order valence-electron chi connectivity index (χ2n) is 13.8. The molecule has 2 unspecified atom stereocenters. The monoisotopic (exact) mass is 790 g/mol. The van der Waals surface area contributed by atoms with Crippen molar-refractivity contribution in [2.75, 3.05) is 33.0 Å². The van der Waals surface area contributed by atoms with E-state index in [-0.39, 0.29) is 38.8 Å². The highest BCUT2D eigenvalue weighted by Crippen LogP contribution is 2.43. The summed E-state index contributed by atoms with van der Waals surface area (Å²) < 4.78 is 33.3. The number of allylic oxidation sites excluding steroid dienone is 14. The summed E-state index contributed by atoms with van der Waals surface area (Å²) in [5, 5.41) is 0. The second kappa shape index (κ2) is 42.8. The predicted molar refractivity (Wildman–Crippen MR) is 233 cm³/mol. The molecule has 0 aromatic heterocycles. The first kappa shape index (κ1) is 52.7. The molecular weight excluding hydrogens is 709 g/mol. The summed E-state index contributed by atoms with van der Waals surface area (Å²) in [5.74, 6) is -0.365. The first-order valence-electron chi connectivity index (χ1n) is 21.6. The van der Waals surface area contributed by atoms with E-state index >= 15 is 0 Å². The van der Waals surface area contributed by atoms with E-state index in [1.165, 1.54) is 57.8 Å². The van der Waals surface area contributed by atoms with Crippen LogP contribution >= 0.6 is 7.82 Å². The lowest BCUT2D eigenvalue weighted by Gasteiger charge is -2.20. The number of phosphoric acid groups is 1. The van der Waals surface area contributed by atoms with Crippen LogP contribution in [0.25, 0.3) is 0 Å². The molecule has 9 heteroatoms. The average molecular weight is 790 g/mol. The first-order chi connectivity index (χ1) is 26.9. The Labute approximate surface area is 337 Å². The van der Waals surface area contributed by atoms with Gasteiger partial charge in [-0.05, 0) is 70.6 Å². The number of unbranched alkanes of at least 4 members (excludes halogenated alkanes) is 13. The summed E-state index contributed by atoms with van der Waals surface area (Å²) in [6.07, 6.45) is 54.6. The Kier molecular flexibility index (Phi) is 41.0. The summed E-state index contributed by atoms with van der Waals surface area (Å²) >= 11 is 0. The zero-order valence-corrected chi connectivity index (χ0v) is 35.8.